The second-order valence-electron chi connectivity index (χ2n) is 4.18. The molecule has 2 radical (unpaired) electrons. The first-order chi connectivity index (χ1) is 9.17. The number of hydrogen-bond donors (Lipinski definition) is 0. The molecule has 19 heavy (non-hydrogen) atoms. The van der Waals surface area contributed by atoms with Crippen molar-refractivity contribution in [3.8, 4) is 0 Å². The normalized spacial score (nSPS) is 11.8. The van der Waals surface area contributed by atoms with Gasteiger partial charge in [-0.25, -0.2) is 0 Å². The molecule has 0 aliphatic rings. The van der Waals surface area contributed by atoms with E-state index in [2.05, 4.69) is 0 Å². The third-order valence-electron chi connectivity index (χ3n) is 2.85. The van der Waals surface area contributed by atoms with Crippen LogP contribution in [0.1, 0.15) is 31.9 Å². The van der Waals surface area contributed by atoms with Gasteiger partial charge in [-0.15, -0.1) is 0 Å². The van der Waals surface area contributed by atoms with Gasteiger partial charge in [0.05, 0.1) is 0 Å². The van der Waals surface area contributed by atoms with E-state index < -0.39 is 8.80 Å². The fourth-order valence-electron chi connectivity index (χ4n) is 2.05. The smallest absolute Gasteiger partial charge is 0.374 e. The van der Waals surface area contributed by atoms with Gasteiger partial charge in [0, 0.05) is 25.9 Å². The number of aryl methyl sites for hydroxylation is 1. The second kappa shape index (κ2) is 8.48. The van der Waals surface area contributed by atoms with Crippen LogP contribution in [0.4, 0.5) is 0 Å². The maximum atomic E-state index is 5.96. The maximum absolute atomic E-state index is 5.96. The summed E-state index contributed by atoms with van der Waals surface area (Å²) in [5.74, 6) is 0. The molecule has 0 unspecified atom stereocenters. The summed E-state index contributed by atoms with van der Waals surface area (Å²) in [6.07, 6.45) is 0.818. The van der Waals surface area contributed by atoms with Crippen LogP contribution >= 0.6 is 0 Å². The summed E-state index contributed by atoms with van der Waals surface area (Å²) in [6.45, 7) is 13.7. The maximum Gasteiger partial charge on any atom is 0.501 e. The fraction of sp³-hybridized carbons (Fsp3) is 0.533. The lowest BCUT2D eigenvalue weighted by molar-refractivity contribution is 0.0714. The zero-order chi connectivity index (χ0) is 14.1. The Kier molecular flexibility index (Phi) is 7.31. The molecule has 0 N–H and O–H groups in total. The lowest BCUT2D eigenvalue weighted by atomic mass is 10.1. The summed E-state index contributed by atoms with van der Waals surface area (Å²) in [4.78, 5) is 0. The minimum Gasteiger partial charge on any atom is -0.374 e. The first-order valence-electron chi connectivity index (χ1n) is 6.92. The highest BCUT2D eigenvalue weighted by Gasteiger charge is 2.39. The van der Waals surface area contributed by atoms with Crippen LogP contribution in [0.2, 0.25) is 6.04 Å². The van der Waals surface area contributed by atoms with Gasteiger partial charge < -0.3 is 13.3 Å². The summed E-state index contributed by atoms with van der Waals surface area (Å²) in [6, 6.07) is 8.66. The lowest BCUT2D eigenvalue weighted by Crippen LogP contribution is -2.46. The van der Waals surface area contributed by atoms with Crippen molar-refractivity contribution in [3.05, 3.63) is 42.3 Å². The standard InChI is InChI=1S/C15H24O3Si/c1-5-16-19(17-6-2,18-7-3)13-12-15-11-9-8-10-14(15)4/h4,8-11H,5-7,12-13H2,1-3H3. The Bertz CT molecular complexity index is 351. The molecule has 0 saturated heterocycles. The monoisotopic (exact) mass is 280 g/mol. The quantitative estimate of drug-likeness (QED) is 0.649. The van der Waals surface area contributed by atoms with Crippen molar-refractivity contribution in [2.24, 2.45) is 0 Å². The summed E-state index contributed by atoms with van der Waals surface area (Å²) in [7, 11) is -2.56. The Labute approximate surface area is 118 Å². The van der Waals surface area contributed by atoms with Gasteiger partial charge in [0.25, 0.3) is 0 Å². The molecule has 0 spiro atoms. The summed E-state index contributed by atoms with van der Waals surface area (Å²) in [5, 5.41) is 0. The van der Waals surface area contributed by atoms with Crippen molar-refractivity contribution >= 4 is 8.80 Å². The molecule has 3 nitrogen and oxygen atoms in total. The van der Waals surface area contributed by atoms with Crippen molar-refractivity contribution in [2.75, 3.05) is 19.8 Å². The van der Waals surface area contributed by atoms with E-state index >= 15 is 0 Å². The van der Waals surface area contributed by atoms with Crippen LogP contribution in [0.5, 0.6) is 0 Å². The van der Waals surface area contributed by atoms with Crippen molar-refractivity contribution in [1.29, 1.82) is 0 Å². The molecule has 0 aromatic heterocycles. The summed E-state index contributed by atoms with van der Waals surface area (Å²) < 4.78 is 17.5. The number of rotatable bonds is 9. The average molecular weight is 280 g/mol. The minimum atomic E-state index is -2.56. The van der Waals surface area contributed by atoms with Crippen molar-refractivity contribution < 1.29 is 13.3 Å². The van der Waals surface area contributed by atoms with Crippen LogP contribution in [0.15, 0.2) is 24.3 Å². The van der Waals surface area contributed by atoms with E-state index in [0.29, 0.717) is 19.8 Å². The Hall–Kier alpha value is -0.683. The van der Waals surface area contributed by atoms with E-state index in [1.54, 1.807) is 0 Å². The van der Waals surface area contributed by atoms with Gasteiger partial charge in [0.1, 0.15) is 0 Å². The van der Waals surface area contributed by atoms with Crippen LogP contribution in [0.25, 0.3) is 0 Å². The molecule has 0 amide bonds. The third-order valence-corrected chi connectivity index (χ3v) is 5.90. The Morgan fingerprint density at radius 3 is 1.95 bits per heavy atom. The molecular weight excluding hydrogens is 256 g/mol. The molecule has 1 aromatic rings. The summed E-state index contributed by atoms with van der Waals surface area (Å²) >= 11 is 0. The van der Waals surface area contributed by atoms with Crippen LogP contribution in [0.3, 0.4) is 0 Å². The van der Waals surface area contributed by atoms with E-state index in [1.807, 2.05) is 45.0 Å². The van der Waals surface area contributed by atoms with E-state index in [0.717, 1.165) is 23.6 Å². The largest absolute Gasteiger partial charge is 0.501 e. The van der Waals surface area contributed by atoms with E-state index in [-0.39, 0.29) is 0 Å². The van der Waals surface area contributed by atoms with E-state index in [9.17, 15) is 0 Å². The molecule has 0 heterocycles. The fourth-order valence-corrected chi connectivity index (χ4v) is 4.63. The van der Waals surface area contributed by atoms with Gasteiger partial charge in [-0.3, -0.25) is 0 Å². The SMILES string of the molecule is [CH]c1ccccc1CC[Si](OCC)(OCC)OCC. The predicted octanol–water partition coefficient (Wildman–Crippen LogP) is 3.34. The molecule has 0 aliphatic heterocycles. The van der Waals surface area contributed by atoms with Gasteiger partial charge in [-0.1, -0.05) is 24.3 Å². The Morgan fingerprint density at radius 2 is 1.47 bits per heavy atom. The van der Waals surface area contributed by atoms with Crippen molar-refractivity contribution in [3.63, 3.8) is 0 Å². The molecule has 0 atom stereocenters. The van der Waals surface area contributed by atoms with E-state index in [4.69, 9.17) is 20.2 Å². The topological polar surface area (TPSA) is 27.7 Å². The molecule has 1 rings (SSSR count). The Morgan fingerprint density at radius 1 is 0.947 bits per heavy atom. The van der Waals surface area contributed by atoms with Crippen LogP contribution in [0, 0.1) is 6.92 Å². The van der Waals surface area contributed by atoms with Gasteiger partial charge >= 0.3 is 8.80 Å². The molecule has 0 aliphatic carbocycles. The lowest BCUT2D eigenvalue weighted by Gasteiger charge is -2.28. The predicted molar refractivity (Wildman–Crippen MR) is 79.0 cm³/mol. The first-order valence-corrected chi connectivity index (χ1v) is 8.85. The average Bonchev–Trinajstić information content (AvgIpc) is 2.39. The highest BCUT2D eigenvalue weighted by atomic mass is 28.4. The molecule has 0 fully saturated rings. The molecule has 4 heteroatoms. The van der Waals surface area contributed by atoms with Crippen molar-refractivity contribution in [1.82, 2.24) is 0 Å². The zero-order valence-corrected chi connectivity index (χ0v) is 13.1. The molecule has 0 saturated carbocycles. The molecule has 0 bridgehead atoms. The molecule has 106 valence electrons. The van der Waals surface area contributed by atoms with Gasteiger partial charge in [-0.2, -0.15) is 0 Å². The minimum absolute atomic E-state index is 0.608. The summed E-state index contributed by atoms with van der Waals surface area (Å²) in [5.41, 5.74) is 1.94. The van der Waals surface area contributed by atoms with Crippen LogP contribution < -0.4 is 0 Å². The molecular formula is C15H24O3Si. The van der Waals surface area contributed by atoms with Crippen LogP contribution in [-0.4, -0.2) is 28.6 Å². The molecule has 1 aromatic carbocycles. The van der Waals surface area contributed by atoms with Gasteiger partial charge in [0.2, 0.25) is 0 Å². The Balaban J connectivity index is 2.73. The zero-order valence-electron chi connectivity index (χ0n) is 12.1. The van der Waals surface area contributed by atoms with Gasteiger partial charge in [-0.05, 0) is 45.2 Å². The highest BCUT2D eigenvalue weighted by molar-refractivity contribution is 6.60. The third kappa shape index (κ3) is 5.07. The highest BCUT2D eigenvalue weighted by Crippen LogP contribution is 2.20. The van der Waals surface area contributed by atoms with E-state index in [1.165, 1.54) is 0 Å². The number of hydrogen-bond acceptors (Lipinski definition) is 3. The van der Waals surface area contributed by atoms with Gasteiger partial charge in [0.15, 0.2) is 0 Å². The van der Waals surface area contributed by atoms with Crippen LogP contribution in [-0.2, 0) is 19.7 Å². The number of benzene rings is 1. The first kappa shape index (κ1) is 16.4. The second-order valence-corrected chi connectivity index (χ2v) is 6.91. The van der Waals surface area contributed by atoms with Crippen molar-refractivity contribution in [2.45, 2.75) is 33.2 Å².